The summed E-state index contributed by atoms with van der Waals surface area (Å²) in [6.07, 6.45) is 0.455. The van der Waals surface area contributed by atoms with Crippen molar-refractivity contribution in [3.63, 3.8) is 0 Å². The Morgan fingerprint density at radius 3 is 2.25 bits per heavy atom. The van der Waals surface area contributed by atoms with Crippen molar-refractivity contribution in [3.8, 4) is 11.5 Å². The number of para-hydroxylation sites is 2. The molecule has 0 fully saturated rings. The van der Waals surface area contributed by atoms with Gasteiger partial charge in [-0.05, 0) is 31.0 Å². The number of Topliss-reactive ketones (excluding diaryl/α,β-unsaturated/α-hetero) is 1. The fourth-order valence-corrected chi connectivity index (χ4v) is 2.26. The van der Waals surface area contributed by atoms with Crippen LogP contribution in [0.5, 0.6) is 11.5 Å². The summed E-state index contributed by atoms with van der Waals surface area (Å²) in [7, 11) is 1.54. The van der Waals surface area contributed by atoms with Crippen LogP contribution in [0.2, 0.25) is 0 Å². The molecule has 0 aliphatic carbocycles. The average Bonchev–Trinajstić information content (AvgIpc) is 2.60. The smallest absolute Gasteiger partial charge is 0.258 e. The number of nitrogens with one attached hydrogen (secondary N) is 1. The molecule has 0 spiro atoms. The average molecular weight is 327 g/mol. The number of ketones is 1. The van der Waals surface area contributed by atoms with Gasteiger partial charge in [0.05, 0.1) is 13.2 Å². The predicted octanol–water partition coefficient (Wildman–Crippen LogP) is 2.39. The lowest BCUT2D eigenvalue weighted by molar-refractivity contribution is -0.128. The van der Waals surface area contributed by atoms with Crippen molar-refractivity contribution in [1.29, 1.82) is 0 Å². The minimum absolute atomic E-state index is 0.0931. The molecule has 0 aliphatic heterocycles. The van der Waals surface area contributed by atoms with Gasteiger partial charge in [-0.15, -0.1) is 0 Å². The third-order valence-electron chi connectivity index (χ3n) is 3.54. The summed E-state index contributed by atoms with van der Waals surface area (Å²) in [6.45, 7) is 1.29. The lowest BCUT2D eigenvalue weighted by atomic mass is 10.0. The maximum atomic E-state index is 12.1. The third kappa shape index (κ3) is 5.12. The van der Waals surface area contributed by atoms with Crippen molar-refractivity contribution in [2.75, 3.05) is 13.7 Å². The molecule has 0 saturated carbocycles. The lowest BCUT2D eigenvalue weighted by Crippen LogP contribution is -2.43. The number of benzene rings is 2. The number of amides is 1. The second kappa shape index (κ2) is 8.72. The van der Waals surface area contributed by atoms with E-state index < -0.39 is 6.04 Å². The van der Waals surface area contributed by atoms with Gasteiger partial charge in [-0.25, -0.2) is 0 Å². The number of hydrogen-bond donors (Lipinski definition) is 1. The van der Waals surface area contributed by atoms with Crippen LogP contribution in [-0.4, -0.2) is 31.4 Å². The summed E-state index contributed by atoms with van der Waals surface area (Å²) in [5.74, 6) is 0.594. The van der Waals surface area contributed by atoms with Crippen LogP contribution in [0.25, 0.3) is 0 Å². The predicted molar refractivity (Wildman–Crippen MR) is 91.2 cm³/mol. The zero-order valence-corrected chi connectivity index (χ0v) is 13.8. The molecule has 0 saturated heterocycles. The molecule has 0 bridgehead atoms. The van der Waals surface area contributed by atoms with Gasteiger partial charge in [0.25, 0.3) is 5.91 Å². The number of carbonyl (C=O) groups is 2. The van der Waals surface area contributed by atoms with Gasteiger partial charge in [0.2, 0.25) is 0 Å². The minimum Gasteiger partial charge on any atom is -0.493 e. The molecular weight excluding hydrogens is 306 g/mol. The van der Waals surface area contributed by atoms with Gasteiger partial charge < -0.3 is 14.8 Å². The summed E-state index contributed by atoms with van der Waals surface area (Å²) in [4.78, 5) is 23.9. The Morgan fingerprint density at radius 1 is 1.00 bits per heavy atom. The quantitative estimate of drug-likeness (QED) is 0.808. The molecule has 24 heavy (non-hydrogen) atoms. The van der Waals surface area contributed by atoms with E-state index >= 15 is 0 Å². The molecule has 0 aliphatic rings. The highest BCUT2D eigenvalue weighted by atomic mass is 16.5. The van der Waals surface area contributed by atoms with Gasteiger partial charge in [0.1, 0.15) is 0 Å². The van der Waals surface area contributed by atoms with Crippen LogP contribution in [0.1, 0.15) is 12.5 Å². The van der Waals surface area contributed by atoms with Gasteiger partial charge in [0.15, 0.2) is 23.9 Å². The summed E-state index contributed by atoms with van der Waals surface area (Å²) >= 11 is 0. The number of carbonyl (C=O) groups excluding carboxylic acids is 2. The van der Waals surface area contributed by atoms with E-state index in [9.17, 15) is 9.59 Å². The van der Waals surface area contributed by atoms with Gasteiger partial charge in [0, 0.05) is 0 Å². The summed E-state index contributed by atoms with van der Waals surface area (Å²) in [6, 6.07) is 16.1. The summed E-state index contributed by atoms with van der Waals surface area (Å²) in [5, 5.41) is 2.72. The molecule has 2 aromatic carbocycles. The van der Waals surface area contributed by atoms with Crippen molar-refractivity contribution in [1.82, 2.24) is 5.32 Å². The van der Waals surface area contributed by atoms with E-state index in [2.05, 4.69) is 5.32 Å². The lowest BCUT2D eigenvalue weighted by Gasteiger charge is -2.17. The number of rotatable bonds is 8. The van der Waals surface area contributed by atoms with E-state index in [1.807, 2.05) is 36.4 Å². The normalized spacial score (nSPS) is 11.4. The SMILES string of the molecule is COc1ccccc1OCC(=O)N[C@@H](Cc1ccccc1)C(C)=O. The molecule has 0 heterocycles. The zero-order chi connectivity index (χ0) is 17.4. The number of hydrogen-bond acceptors (Lipinski definition) is 4. The Labute approximate surface area is 141 Å². The van der Waals surface area contributed by atoms with E-state index in [0.29, 0.717) is 17.9 Å². The van der Waals surface area contributed by atoms with Crippen LogP contribution in [-0.2, 0) is 16.0 Å². The fraction of sp³-hybridized carbons (Fsp3) is 0.263. The topological polar surface area (TPSA) is 64.6 Å². The van der Waals surface area contributed by atoms with Crippen LogP contribution in [0, 0.1) is 0 Å². The maximum Gasteiger partial charge on any atom is 0.258 e. The molecule has 0 radical (unpaired) electrons. The molecule has 0 unspecified atom stereocenters. The Kier molecular flexibility index (Phi) is 6.37. The van der Waals surface area contributed by atoms with E-state index in [1.165, 1.54) is 14.0 Å². The van der Waals surface area contributed by atoms with Crippen molar-refractivity contribution < 1.29 is 19.1 Å². The fourth-order valence-electron chi connectivity index (χ4n) is 2.26. The molecule has 126 valence electrons. The monoisotopic (exact) mass is 327 g/mol. The second-order valence-corrected chi connectivity index (χ2v) is 5.36. The first kappa shape index (κ1) is 17.5. The van der Waals surface area contributed by atoms with Gasteiger partial charge in [-0.2, -0.15) is 0 Å². The van der Waals surface area contributed by atoms with Crippen LogP contribution in [0.3, 0.4) is 0 Å². The molecule has 1 amide bonds. The standard InChI is InChI=1S/C19H21NO4/c1-14(21)16(12-15-8-4-3-5-9-15)20-19(22)13-24-18-11-7-6-10-17(18)23-2/h3-11,16H,12-13H2,1-2H3,(H,20,22)/t16-/m0/s1. The maximum absolute atomic E-state index is 12.1. The van der Waals surface area contributed by atoms with E-state index in [1.54, 1.807) is 18.2 Å². The minimum atomic E-state index is -0.568. The van der Waals surface area contributed by atoms with E-state index in [4.69, 9.17) is 9.47 Å². The highest BCUT2D eigenvalue weighted by Gasteiger charge is 2.18. The first-order valence-corrected chi connectivity index (χ1v) is 7.69. The highest BCUT2D eigenvalue weighted by Crippen LogP contribution is 2.25. The molecular formula is C19H21NO4. The Balaban J connectivity index is 1.92. The molecule has 5 heteroatoms. The first-order valence-electron chi connectivity index (χ1n) is 7.69. The third-order valence-corrected chi connectivity index (χ3v) is 3.54. The van der Waals surface area contributed by atoms with Gasteiger partial charge >= 0.3 is 0 Å². The summed E-state index contributed by atoms with van der Waals surface area (Å²) < 4.78 is 10.6. The summed E-state index contributed by atoms with van der Waals surface area (Å²) in [5.41, 5.74) is 0.989. The first-order chi connectivity index (χ1) is 11.6. The number of ether oxygens (including phenoxy) is 2. The van der Waals surface area contributed by atoms with Crippen LogP contribution >= 0.6 is 0 Å². The molecule has 0 aromatic heterocycles. The van der Waals surface area contributed by atoms with Crippen molar-refractivity contribution >= 4 is 11.7 Å². The number of methoxy groups -OCH3 is 1. The molecule has 1 N–H and O–H groups in total. The van der Waals surface area contributed by atoms with Gasteiger partial charge in [-0.1, -0.05) is 42.5 Å². The van der Waals surface area contributed by atoms with Crippen molar-refractivity contribution in [2.24, 2.45) is 0 Å². The Morgan fingerprint density at radius 2 is 1.62 bits per heavy atom. The largest absolute Gasteiger partial charge is 0.493 e. The van der Waals surface area contributed by atoms with Crippen molar-refractivity contribution in [2.45, 2.75) is 19.4 Å². The molecule has 1 atom stereocenters. The Bertz CT molecular complexity index is 685. The highest BCUT2D eigenvalue weighted by molar-refractivity contribution is 5.88. The van der Waals surface area contributed by atoms with Crippen LogP contribution in [0.4, 0.5) is 0 Å². The molecule has 5 nitrogen and oxygen atoms in total. The molecule has 2 aromatic rings. The van der Waals surface area contributed by atoms with Crippen LogP contribution in [0.15, 0.2) is 54.6 Å². The van der Waals surface area contributed by atoms with Crippen molar-refractivity contribution in [3.05, 3.63) is 60.2 Å². The van der Waals surface area contributed by atoms with Crippen LogP contribution < -0.4 is 14.8 Å². The van der Waals surface area contributed by atoms with Gasteiger partial charge in [-0.3, -0.25) is 9.59 Å². The Hall–Kier alpha value is -2.82. The zero-order valence-electron chi connectivity index (χ0n) is 13.8. The van der Waals surface area contributed by atoms with E-state index in [-0.39, 0.29) is 18.3 Å². The second-order valence-electron chi connectivity index (χ2n) is 5.36. The van der Waals surface area contributed by atoms with E-state index in [0.717, 1.165) is 5.56 Å². The molecule has 2 rings (SSSR count).